The van der Waals surface area contributed by atoms with Gasteiger partial charge in [0.2, 0.25) is 5.91 Å². The number of ether oxygens (including phenoxy) is 2. The highest BCUT2D eigenvalue weighted by Gasteiger charge is 2.19. The molecule has 5 nitrogen and oxygen atoms in total. The number of benzene rings is 1. The molecule has 1 heterocycles. The van der Waals surface area contributed by atoms with Crippen LogP contribution >= 0.6 is 11.3 Å². The van der Waals surface area contributed by atoms with Crippen molar-refractivity contribution in [3.63, 3.8) is 0 Å². The number of hydrogen-bond acceptors (Lipinski definition) is 5. The van der Waals surface area contributed by atoms with Crippen LogP contribution in [0.25, 0.3) is 10.4 Å². The van der Waals surface area contributed by atoms with Crippen molar-refractivity contribution in [3.05, 3.63) is 40.8 Å². The molecule has 1 amide bonds. The molecule has 0 aliphatic heterocycles. The van der Waals surface area contributed by atoms with E-state index >= 15 is 0 Å². The summed E-state index contributed by atoms with van der Waals surface area (Å²) in [6.45, 7) is 4.59. The molecule has 0 radical (unpaired) electrons. The van der Waals surface area contributed by atoms with E-state index in [2.05, 4.69) is 5.32 Å². The SMILES string of the molecule is CCOC(=O)c1sc(-c2ccc(C)cc2)cc1NC(=O)CCCOC. The predicted molar refractivity (Wildman–Crippen MR) is 100 cm³/mol. The van der Waals surface area contributed by atoms with Crippen molar-refractivity contribution < 1.29 is 19.1 Å². The van der Waals surface area contributed by atoms with Crippen LogP contribution in [0.4, 0.5) is 5.69 Å². The molecule has 6 heteroatoms. The Morgan fingerprint density at radius 1 is 1.20 bits per heavy atom. The number of aryl methyl sites for hydroxylation is 1. The first-order chi connectivity index (χ1) is 12.0. The van der Waals surface area contributed by atoms with Gasteiger partial charge in [0.05, 0.1) is 12.3 Å². The first-order valence-corrected chi connectivity index (χ1v) is 9.03. The highest BCUT2D eigenvalue weighted by atomic mass is 32.1. The molecule has 0 atom stereocenters. The third-order valence-corrected chi connectivity index (χ3v) is 4.72. The van der Waals surface area contributed by atoms with Crippen molar-refractivity contribution in [1.82, 2.24) is 0 Å². The molecule has 25 heavy (non-hydrogen) atoms. The van der Waals surface area contributed by atoms with Crippen LogP contribution in [0.1, 0.15) is 35.0 Å². The summed E-state index contributed by atoms with van der Waals surface area (Å²) in [5, 5.41) is 2.83. The number of thiophene rings is 1. The van der Waals surface area contributed by atoms with Crippen molar-refractivity contribution in [1.29, 1.82) is 0 Å². The lowest BCUT2D eigenvalue weighted by molar-refractivity contribution is -0.116. The molecule has 0 bridgehead atoms. The summed E-state index contributed by atoms with van der Waals surface area (Å²) < 4.78 is 10.1. The monoisotopic (exact) mass is 361 g/mol. The van der Waals surface area contributed by atoms with Crippen LogP contribution in [0.2, 0.25) is 0 Å². The quantitative estimate of drug-likeness (QED) is 0.563. The van der Waals surface area contributed by atoms with E-state index in [1.165, 1.54) is 11.3 Å². The second-order valence-electron chi connectivity index (χ2n) is 5.58. The first-order valence-electron chi connectivity index (χ1n) is 8.22. The summed E-state index contributed by atoms with van der Waals surface area (Å²) in [5.41, 5.74) is 2.67. The molecule has 0 aliphatic rings. The van der Waals surface area contributed by atoms with Crippen LogP contribution in [0.5, 0.6) is 0 Å². The second kappa shape index (κ2) is 9.34. The number of anilines is 1. The van der Waals surface area contributed by atoms with Gasteiger partial charge in [-0.15, -0.1) is 11.3 Å². The fourth-order valence-electron chi connectivity index (χ4n) is 2.28. The van der Waals surface area contributed by atoms with E-state index < -0.39 is 5.97 Å². The molecular weight excluding hydrogens is 338 g/mol. The van der Waals surface area contributed by atoms with E-state index in [9.17, 15) is 9.59 Å². The van der Waals surface area contributed by atoms with Crippen LogP contribution in [-0.4, -0.2) is 32.2 Å². The summed E-state index contributed by atoms with van der Waals surface area (Å²) in [6.07, 6.45) is 0.970. The van der Waals surface area contributed by atoms with Gasteiger partial charge in [-0.2, -0.15) is 0 Å². The number of carbonyl (C=O) groups is 2. The fraction of sp³-hybridized carbons (Fsp3) is 0.368. The molecule has 1 N–H and O–H groups in total. The zero-order chi connectivity index (χ0) is 18.2. The first kappa shape index (κ1) is 19.1. The van der Waals surface area contributed by atoms with Gasteiger partial charge in [-0.3, -0.25) is 4.79 Å². The average Bonchev–Trinajstić information content (AvgIpc) is 3.00. The van der Waals surface area contributed by atoms with Crippen LogP contribution in [0.3, 0.4) is 0 Å². The van der Waals surface area contributed by atoms with Gasteiger partial charge in [-0.05, 0) is 31.9 Å². The number of nitrogens with one attached hydrogen (secondary N) is 1. The van der Waals surface area contributed by atoms with E-state index in [1.807, 2.05) is 37.3 Å². The number of esters is 1. The Hall–Kier alpha value is -2.18. The number of rotatable bonds is 8. The zero-order valence-electron chi connectivity index (χ0n) is 14.8. The van der Waals surface area contributed by atoms with Crippen molar-refractivity contribution >= 4 is 28.9 Å². The van der Waals surface area contributed by atoms with Gasteiger partial charge in [-0.1, -0.05) is 29.8 Å². The fourth-order valence-corrected chi connectivity index (χ4v) is 3.29. The molecule has 2 rings (SSSR count). The molecule has 0 unspecified atom stereocenters. The van der Waals surface area contributed by atoms with Gasteiger partial charge < -0.3 is 14.8 Å². The molecule has 0 fully saturated rings. The van der Waals surface area contributed by atoms with Crippen molar-refractivity contribution in [2.24, 2.45) is 0 Å². The van der Waals surface area contributed by atoms with Crippen molar-refractivity contribution in [2.45, 2.75) is 26.7 Å². The predicted octanol–water partition coefficient (Wildman–Crippen LogP) is 4.27. The lowest BCUT2D eigenvalue weighted by Crippen LogP contribution is -2.14. The maximum absolute atomic E-state index is 12.2. The van der Waals surface area contributed by atoms with E-state index in [4.69, 9.17) is 9.47 Å². The van der Waals surface area contributed by atoms with Crippen molar-refractivity contribution in [2.75, 3.05) is 25.6 Å². The van der Waals surface area contributed by atoms with E-state index in [0.29, 0.717) is 30.0 Å². The largest absolute Gasteiger partial charge is 0.462 e. The molecular formula is C19H23NO4S. The van der Waals surface area contributed by atoms with Gasteiger partial charge in [0.1, 0.15) is 4.88 Å². The molecule has 0 saturated heterocycles. The average molecular weight is 361 g/mol. The summed E-state index contributed by atoms with van der Waals surface area (Å²) in [4.78, 5) is 25.6. The van der Waals surface area contributed by atoms with E-state index in [1.54, 1.807) is 14.0 Å². The highest BCUT2D eigenvalue weighted by molar-refractivity contribution is 7.18. The Balaban J connectivity index is 2.24. The molecule has 0 aliphatic carbocycles. The Morgan fingerprint density at radius 2 is 1.92 bits per heavy atom. The summed E-state index contributed by atoms with van der Waals surface area (Å²) >= 11 is 1.32. The van der Waals surface area contributed by atoms with Crippen LogP contribution in [-0.2, 0) is 14.3 Å². The standard InChI is InChI=1S/C19H23NO4S/c1-4-24-19(22)18-15(20-17(21)6-5-11-23-3)12-16(25-18)14-9-7-13(2)8-10-14/h7-10,12H,4-6,11H2,1-3H3,(H,20,21). The van der Waals surface area contributed by atoms with Gasteiger partial charge >= 0.3 is 5.97 Å². The zero-order valence-corrected chi connectivity index (χ0v) is 15.6. The maximum Gasteiger partial charge on any atom is 0.350 e. The van der Waals surface area contributed by atoms with Gasteiger partial charge in [0, 0.05) is 25.0 Å². The lowest BCUT2D eigenvalue weighted by atomic mass is 10.1. The van der Waals surface area contributed by atoms with E-state index in [0.717, 1.165) is 16.0 Å². The second-order valence-corrected chi connectivity index (χ2v) is 6.64. The Labute approximate surface area is 152 Å². The Kier molecular flexibility index (Phi) is 7.16. The Bertz CT molecular complexity index is 722. The highest BCUT2D eigenvalue weighted by Crippen LogP contribution is 2.35. The molecule has 134 valence electrons. The van der Waals surface area contributed by atoms with E-state index in [-0.39, 0.29) is 12.5 Å². The summed E-state index contributed by atoms with van der Waals surface area (Å²) in [6, 6.07) is 9.86. The van der Waals surface area contributed by atoms with Gasteiger partial charge in [0.15, 0.2) is 0 Å². The van der Waals surface area contributed by atoms with Gasteiger partial charge in [0.25, 0.3) is 0 Å². The molecule has 0 saturated carbocycles. The lowest BCUT2D eigenvalue weighted by Gasteiger charge is -2.06. The minimum absolute atomic E-state index is 0.143. The topological polar surface area (TPSA) is 64.6 Å². The normalized spacial score (nSPS) is 10.5. The number of carbonyl (C=O) groups excluding carboxylic acids is 2. The number of hydrogen-bond donors (Lipinski definition) is 1. The van der Waals surface area contributed by atoms with Gasteiger partial charge in [-0.25, -0.2) is 4.79 Å². The number of amides is 1. The third kappa shape index (κ3) is 5.41. The summed E-state index contributed by atoms with van der Waals surface area (Å²) in [5.74, 6) is -0.561. The summed E-state index contributed by atoms with van der Waals surface area (Å²) in [7, 11) is 1.60. The minimum atomic E-state index is -0.418. The molecule has 1 aromatic heterocycles. The Morgan fingerprint density at radius 3 is 2.56 bits per heavy atom. The number of methoxy groups -OCH3 is 1. The third-order valence-electron chi connectivity index (χ3n) is 3.56. The minimum Gasteiger partial charge on any atom is -0.462 e. The molecule has 2 aromatic rings. The van der Waals surface area contributed by atoms with Crippen LogP contribution in [0.15, 0.2) is 30.3 Å². The molecule has 0 spiro atoms. The van der Waals surface area contributed by atoms with Crippen LogP contribution < -0.4 is 5.32 Å². The smallest absolute Gasteiger partial charge is 0.350 e. The van der Waals surface area contributed by atoms with Crippen LogP contribution in [0, 0.1) is 6.92 Å². The maximum atomic E-state index is 12.2. The van der Waals surface area contributed by atoms with Crippen molar-refractivity contribution in [3.8, 4) is 10.4 Å². The molecule has 1 aromatic carbocycles.